The molecule has 0 aliphatic carbocycles. The van der Waals surface area contributed by atoms with E-state index in [4.69, 9.17) is 0 Å². The van der Waals surface area contributed by atoms with Crippen LogP contribution in [-0.2, 0) is 0 Å². The first kappa shape index (κ1) is 12.2. The Hall–Kier alpha value is -0.800. The zero-order valence-corrected chi connectivity index (χ0v) is 8.45. The average molecular weight is 221 g/mol. The highest BCUT2D eigenvalue weighted by Gasteiger charge is 2.15. The zero-order chi connectivity index (χ0) is 7.68. The molecule has 0 saturated carbocycles. The van der Waals surface area contributed by atoms with E-state index in [0.29, 0.717) is 13.0 Å². The number of halogens is 2. The van der Waals surface area contributed by atoms with Crippen LogP contribution in [0.5, 0.6) is 0 Å². The van der Waals surface area contributed by atoms with Crippen LogP contribution in [0.3, 0.4) is 0 Å². The minimum absolute atomic E-state index is 0. The van der Waals surface area contributed by atoms with Crippen molar-refractivity contribution in [3.05, 3.63) is 23.9 Å². The molecular formula is C8H10Cl2N2O. The largest absolute Gasteiger partial charge is 0.369 e. The van der Waals surface area contributed by atoms with E-state index in [1.54, 1.807) is 18.3 Å². The number of ketones is 1. The molecule has 1 aromatic heterocycles. The number of pyridine rings is 1. The number of aromatic nitrogens is 1. The summed E-state index contributed by atoms with van der Waals surface area (Å²) < 4.78 is 0. The zero-order valence-electron chi connectivity index (χ0n) is 6.82. The molecule has 1 aliphatic rings. The highest BCUT2D eigenvalue weighted by atomic mass is 35.5. The summed E-state index contributed by atoms with van der Waals surface area (Å²) in [5.74, 6) is 0.913. The number of hydrogen-bond acceptors (Lipinski definition) is 3. The summed E-state index contributed by atoms with van der Waals surface area (Å²) in [5, 5.41) is 3.06. The lowest BCUT2D eigenvalue weighted by molar-refractivity contribution is 0.0983. The van der Waals surface area contributed by atoms with Gasteiger partial charge in [-0.15, -0.1) is 24.8 Å². The van der Waals surface area contributed by atoms with Gasteiger partial charge in [-0.2, -0.15) is 0 Å². The van der Waals surface area contributed by atoms with Crippen molar-refractivity contribution in [2.75, 3.05) is 11.9 Å². The van der Waals surface area contributed by atoms with Crippen molar-refractivity contribution in [3.63, 3.8) is 0 Å². The fourth-order valence-electron chi connectivity index (χ4n) is 1.20. The Labute approximate surface area is 88.8 Å². The molecule has 1 aromatic rings. The van der Waals surface area contributed by atoms with Gasteiger partial charge in [-0.05, 0) is 12.1 Å². The monoisotopic (exact) mass is 220 g/mol. The molecule has 1 aliphatic heterocycles. The number of nitrogens with zero attached hydrogens (tertiary/aromatic N) is 1. The summed E-state index contributed by atoms with van der Waals surface area (Å²) >= 11 is 0. The summed E-state index contributed by atoms with van der Waals surface area (Å²) in [4.78, 5) is 15.2. The van der Waals surface area contributed by atoms with Crippen LogP contribution in [0.1, 0.15) is 16.8 Å². The van der Waals surface area contributed by atoms with Gasteiger partial charge in [0, 0.05) is 19.2 Å². The third-order valence-electron chi connectivity index (χ3n) is 1.75. The summed E-state index contributed by atoms with van der Waals surface area (Å²) in [6.45, 7) is 0.711. The van der Waals surface area contributed by atoms with E-state index >= 15 is 0 Å². The van der Waals surface area contributed by atoms with Gasteiger partial charge in [0.25, 0.3) is 0 Å². The fourth-order valence-corrected chi connectivity index (χ4v) is 1.20. The van der Waals surface area contributed by atoms with E-state index < -0.39 is 0 Å². The van der Waals surface area contributed by atoms with E-state index in [1.165, 1.54) is 0 Å². The molecule has 2 heterocycles. The Morgan fingerprint density at radius 3 is 2.85 bits per heavy atom. The number of carbonyl (C=O) groups excluding carboxylic acids is 1. The van der Waals surface area contributed by atoms with Crippen molar-refractivity contribution in [1.82, 2.24) is 4.98 Å². The van der Waals surface area contributed by atoms with Crippen LogP contribution >= 0.6 is 24.8 Å². The van der Waals surface area contributed by atoms with Crippen molar-refractivity contribution in [1.29, 1.82) is 0 Å². The average Bonchev–Trinajstić information content (AvgIpc) is 2.06. The lowest BCUT2D eigenvalue weighted by Gasteiger charge is -2.14. The van der Waals surface area contributed by atoms with Gasteiger partial charge in [0.2, 0.25) is 0 Å². The number of anilines is 1. The van der Waals surface area contributed by atoms with Gasteiger partial charge >= 0.3 is 0 Å². The lowest BCUT2D eigenvalue weighted by Crippen LogP contribution is -2.18. The van der Waals surface area contributed by atoms with Gasteiger partial charge in [0.15, 0.2) is 5.78 Å². The Kier molecular flexibility index (Phi) is 4.73. The smallest absolute Gasteiger partial charge is 0.168 e. The van der Waals surface area contributed by atoms with Crippen molar-refractivity contribution < 1.29 is 4.79 Å². The quantitative estimate of drug-likeness (QED) is 0.727. The topological polar surface area (TPSA) is 42.0 Å². The summed E-state index contributed by atoms with van der Waals surface area (Å²) in [6.07, 6.45) is 2.27. The molecule has 0 aromatic carbocycles. The van der Waals surface area contributed by atoms with Crippen LogP contribution in [0.25, 0.3) is 0 Å². The molecule has 0 bridgehead atoms. The van der Waals surface area contributed by atoms with Gasteiger partial charge in [-0.1, -0.05) is 0 Å². The second-order valence-electron chi connectivity index (χ2n) is 2.50. The number of nitrogens with one attached hydrogen (secondary N) is 1. The molecule has 0 spiro atoms. The Morgan fingerprint density at radius 1 is 1.38 bits per heavy atom. The highest BCUT2D eigenvalue weighted by molar-refractivity contribution is 6.02. The number of Topliss-reactive ketones (excluding diaryl/α,β-unsaturated/α-hetero) is 1. The van der Waals surface area contributed by atoms with Gasteiger partial charge in [0.1, 0.15) is 5.82 Å². The van der Waals surface area contributed by atoms with E-state index in [0.717, 1.165) is 11.4 Å². The fraction of sp³-hybridized carbons (Fsp3) is 0.250. The van der Waals surface area contributed by atoms with Gasteiger partial charge < -0.3 is 5.32 Å². The molecule has 2 rings (SSSR count). The number of fused-ring (bicyclic) bond motifs is 1. The van der Waals surface area contributed by atoms with Crippen molar-refractivity contribution in [2.45, 2.75) is 6.42 Å². The van der Waals surface area contributed by atoms with E-state index in [-0.39, 0.29) is 30.6 Å². The second-order valence-corrected chi connectivity index (χ2v) is 2.50. The maximum atomic E-state index is 11.2. The molecule has 0 atom stereocenters. The minimum Gasteiger partial charge on any atom is -0.369 e. The predicted molar refractivity (Wildman–Crippen MR) is 56.2 cm³/mol. The summed E-state index contributed by atoms with van der Waals surface area (Å²) in [7, 11) is 0. The SMILES string of the molecule is Cl.Cl.O=C1CCNc2ncccc21. The van der Waals surface area contributed by atoms with Gasteiger partial charge in [-0.25, -0.2) is 4.98 Å². The third kappa shape index (κ3) is 2.32. The lowest BCUT2D eigenvalue weighted by atomic mass is 10.1. The van der Waals surface area contributed by atoms with Crippen LogP contribution in [0, 0.1) is 0 Å². The van der Waals surface area contributed by atoms with Crippen LogP contribution < -0.4 is 5.32 Å². The standard InChI is InChI=1S/C8H8N2O.2ClH/c11-7-3-5-10-8-6(7)2-1-4-9-8;;/h1-2,4H,3,5H2,(H,9,10);2*1H. The molecule has 0 radical (unpaired) electrons. The van der Waals surface area contributed by atoms with E-state index in [2.05, 4.69) is 10.3 Å². The first-order chi connectivity index (χ1) is 5.38. The maximum absolute atomic E-state index is 11.2. The molecular weight excluding hydrogens is 211 g/mol. The number of carbonyl (C=O) groups is 1. The van der Waals surface area contributed by atoms with Gasteiger partial charge in [0.05, 0.1) is 5.56 Å². The molecule has 13 heavy (non-hydrogen) atoms. The Bertz CT molecular complexity index is 304. The molecule has 0 amide bonds. The van der Waals surface area contributed by atoms with Crippen molar-refractivity contribution in [2.24, 2.45) is 0 Å². The Morgan fingerprint density at radius 2 is 2.15 bits per heavy atom. The van der Waals surface area contributed by atoms with Crippen LogP contribution in [0.4, 0.5) is 5.82 Å². The van der Waals surface area contributed by atoms with Crippen LogP contribution in [-0.4, -0.2) is 17.3 Å². The molecule has 72 valence electrons. The molecule has 5 heteroatoms. The number of rotatable bonds is 0. The third-order valence-corrected chi connectivity index (χ3v) is 1.75. The summed E-state index contributed by atoms with van der Waals surface area (Å²) in [5.41, 5.74) is 0.721. The molecule has 0 saturated heterocycles. The summed E-state index contributed by atoms with van der Waals surface area (Å²) in [6, 6.07) is 3.58. The van der Waals surface area contributed by atoms with Crippen molar-refractivity contribution >= 4 is 36.4 Å². The minimum atomic E-state index is 0. The van der Waals surface area contributed by atoms with E-state index in [1.807, 2.05) is 0 Å². The molecule has 0 unspecified atom stereocenters. The maximum Gasteiger partial charge on any atom is 0.168 e. The molecule has 3 nitrogen and oxygen atoms in total. The Balaban J connectivity index is 0.000000720. The normalized spacial score (nSPS) is 13.1. The first-order valence-corrected chi connectivity index (χ1v) is 3.60. The van der Waals surface area contributed by atoms with Gasteiger partial charge in [-0.3, -0.25) is 4.79 Å². The van der Waals surface area contributed by atoms with E-state index in [9.17, 15) is 4.79 Å². The van der Waals surface area contributed by atoms with Crippen molar-refractivity contribution in [3.8, 4) is 0 Å². The highest BCUT2D eigenvalue weighted by Crippen LogP contribution is 2.17. The number of hydrogen-bond donors (Lipinski definition) is 1. The van der Waals surface area contributed by atoms with Crippen LogP contribution in [0.15, 0.2) is 18.3 Å². The molecule has 1 N–H and O–H groups in total. The first-order valence-electron chi connectivity index (χ1n) is 3.60. The molecule has 0 fully saturated rings. The second kappa shape index (κ2) is 5.04. The predicted octanol–water partition coefficient (Wildman–Crippen LogP) is 1.92. The van der Waals surface area contributed by atoms with Crippen LogP contribution in [0.2, 0.25) is 0 Å².